The van der Waals surface area contributed by atoms with Crippen molar-refractivity contribution in [1.29, 1.82) is 0 Å². The molecule has 18 heteroatoms. The number of nitrogens with one attached hydrogen (secondary N) is 1. The Morgan fingerprint density at radius 3 is 1.22 bits per heavy atom. The molecule has 370 valence electrons. The fraction of sp³-hybridized carbons (Fsp3) is 0.520. The van der Waals surface area contributed by atoms with Crippen LogP contribution in [0.1, 0.15) is 42.0 Å². The predicted molar refractivity (Wildman–Crippen MR) is 258 cm³/mol. The van der Waals surface area contributed by atoms with Crippen LogP contribution in [0.25, 0.3) is 0 Å². The second kappa shape index (κ2) is 33.3. The van der Waals surface area contributed by atoms with Crippen molar-refractivity contribution < 1.29 is 69.3 Å². The van der Waals surface area contributed by atoms with Crippen LogP contribution in [0.3, 0.4) is 0 Å². The summed E-state index contributed by atoms with van der Waals surface area (Å²) in [6.07, 6.45) is 11.8. The SMILES string of the molecule is O=C(O)CN1CCN(CCC(=O)NCCN(CCc2ccccn2)CCc2ccccn2)CCN(CC(=O)O)CCN(CC(=O)CCCN(CCc2ccccn2)CCc2ccccn2)CC1.[Gd]. The van der Waals surface area contributed by atoms with Crippen LogP contribution in [-0.4, -0.2) is 208 Å². The Bertz CT molecular complexity index is 1890. The van der Waals surface area contributed by atoms with Gasteiger partial charge in [-0.05, 0) is 61.5 Å². The zero-order chi connectivity index (χ0) is 47.3. The Labute approximate surface area is 434 Å². The van der Waals surface area contributed by atoms with Gasteiger partial charge in [-0.2, -0.15) is 0 Å². The van der Waals surface area contributed by atoms with Crippen LogP contribution in [0.5, 0.6) is 0 Å². The van der Waals surface area contributed by atoms with E-state index in [1.807, 2.05) is 87.5 Å². The number of carbonyl (C=O) groups excluding carboxylic acids is 2. The molecule has 0 spiro atoms. The van der Waals surface area contributed by atoms with Crippen LogP contribution in [0.15, 0.2) is 97.6 Å². The summed E-state index contributed by atoms with van der Waals surface area (Å²) in [7, 11) is 0. The maximum atomic E-state index is 13.5. The van der Waals surface area contributed by atoms with Crippen molar-refractivity contribution in [3.63, 3.8) is 0 Å². The molecule has 17 nitrogen and oxygen atoms in total. The van der Waals surface area contributed by atoms with Gasteiger partial charge in [0.05, 0.1) is 19.6 Å². The van der Waals surface area contributed by atoms with E-state index in [1.165, 1.54) is 0 Å². The van der Waals surface area contributed by atoms with Crippen LogP contribution in [-0.2, 0) is 44.9 Å². The van der Waals surface area contributed by atoms with Gasteiger partial charge in [0.15, 0.2) is 0 Å². The van der Waals surface area contributed by atoms with Crippen molar-refractivity contribution in [2.75, 3.05) is 124 Å². The number of pyridine rings is 4. The molecule has 0 aliphatic carbocycles. The number of Topliss-reactive ketones (excluding diaryl/α,β-unsaturated/α-hetero) is 1. The van der Waals surface area contributed by atoms with E-state index in [1.54, 1.807) is 24.8 Å². The van der Waals surface area contributed by atoms with Gasteiger partial charge in [0.2, 0.25) is 5.91 Å². The van der Waals surface area contributed by atoms with Crippen molar-refractivity contribution in [3.8, 4) is 0 Å². The van der Waals surface area contributed by atoms with Crippen LogP contribution in [0.2, 0.25) is 0 Å². The molecule has 0 bridgehead atoms. The third-order valence-corrected chi connectivity index (χ3v) is 12.0. The minimum atomic E-state index is -0.932. The number of rotatable bonds is 28. The monoisotopic (exact) mass is 1080 g/mol. The number of aliphatic carboxylic acids is 2. The Morgan fingerprint density at radius 1 is 0.485 bits per heavy atom. The Morgan fingerprint density at radius 2 is 0.853 bits per heavy atom. The number of carboxylic acid groups (broad SMARTS) is 2. The molecule has 1 aliphatic heterocycles. The quantitative estimate of drug-likeness (QED) is 0.0751. The van der Waals surface area contributed by atoms with Gasteiger partial charge >= 0.3 is 11.9 Å². The average Bonchev–Trinajstić information content (AvgIpc) is 3.33. The number of ketones is 1. The van der Waals surface area contributed by atoms with E-state index in [0.29, 0.717) is 84.8 Å². The van der Waals surface area contributed by atoms with E-state index in [-0.39, 0.29) is 77.7 Å². The van der Waals surface area contributed by atoms with Gasteiger partial charge in [-0.15, -0.1) is 0 Å². The number of amides is 1. The van der Waals surface area contributed by atoms with E-state index in [9.17, 15) is 29.4 Å². The standard InChI is InChI=1S/C50H71N11O6.Gd/c62-47(14-9-25-56(26-15-43-10-1-5-20-51-43)27-16-44-11-2-6-21-52-44)40-59-36-38-60(41-49(64)65)34-32-58(33-35-61(39-37-59)42-50(66)67)30-19-48(63)55-24-31-57(28-17-45-12-3-7-22-53-45)29-18-46-13-4-8-23-54-46;/h1-8,10-13,20-23H,9,14-19,24-42H2,(H,55,63)(H,64,65)(H,66,67);. The van der Waals surface area contributed by atoms with E-state index >= 15 is 0 Å². The van der Waals surface area contributed by atoms with Crippen molar-refractivity contribution in [2.45, 2.75) is 44.9 Å². The molecular formula is C50H71GdN11O6. The van der Waals surface area contributed by atoms with Gasteiger partial charge in [-0.3, -0.25) is 53.8 Å². The first kappa shape index (κ1) is 56.4. The molecule has 4 aromatic heterocycles. The smallest absolute Gasteiger partial charge is 0.317 e. The molecule has 0 radical (unpaired) electrons. The Balaban J connectivity index is 0.0000101. The molecule has 5 heterocycles. The summed E-state index contributed by atoms with van der Waals surface area (Å²) in [6.45, 7) is 9.17. The largest absolute Gasteiger partial charge is 0.480 e. The summed E-state index contributed by atoms with van der Waals surface area (Å²) in [5, 5.41) is 22.7. The summed E-state index contributed by atoms with van der Waals surface area (Å²) in [5.41, 5.74) is 4.08. The topological polar surface area (TPSA) is 192 Å². The molecule has 0 atom stereocenters. The van der Waals surface area contributed by atoms with Gasteiger partial charge in [0.25, 0.3) is 0 Å². The number of carboxylic acids is 2. The fourth-order valence-electron chi connectivity index (χ4n) is 8.13. The molecule has 1 fully saturated rings. The van der Waals surface area contributed by atoms with Crippen molar-refractivity contribution >= 4 is 23.6 Å². The second-order valence-electron chi connectivity index (χ2n) is 17.2. The fourth-order valence-corrected chi connectivity index (χ4v) is 8.13. The molecule has 1 saturated heterocycles. The van der Waals surface area contributed by atoms with Crippen molar-refractivity contribution in [3.05, 3.63) is 120 Å². The minimum absolute atomic E-state index is 0. The molecular weight excluding hydrogens is 1010 g/mol. The summed E-state index contributed by atoms with van der Waals surface area (Å²) < 4.78 is 0. The van der Waals surface area contributed by atoms with Crippen LogP contribution in [0, 0.1) is 39.9 Å². The Hall–Kier alpha value is -4.24. The normalized spacial score (nSPS) is 14.7. The summed E-state index contributed by atoms with van der Waals surface area (Å²) in [4.78, 5) is 81.2. The third kappa shape index (κ3) is 24.4. The van der Waals surface area contributed by atoms with Gasteiger partial charge in [0, 0.05) is 224 Å². The molecule has 0 aromatic carbocycles. The maximum absolute atomic E-state index is 13.5. The number of carbonyl (C=O) groups is 4. The van der Waals surface area contributed by atoms with E-state index in [0.717, 1.165) is 81.2 Å². The number of hydrogen-bond donors (Lipinski definition) is 3. The van der Waals surface area contributed by atoms with Gasteiger partial charge in [0.1, 0.15) is 5.78 Å². The van der Waals surface area contributed by atoms with Gasteiger partial charge in [-0.1, -0.05) is 24.3 Å². The molecule has 68 heavy (non-hydrogen) atoms. The van der Waals surface area contributed by atoms with Crippen LogP contribution >= 0.6 is 0 Å². The van der Waals surface area contributed by atoms with E-state index in [2.05, 4.69) is 40.0 Å². The van der Waals surface area contributed by atoms with Crippen molar-refractivity contribution in [2.24, 2.45) is 0 Å². The number of aromatic nitrogens is 4. The van der Waals surface area contributed by atoms with Crippen molar-refractivity contribution in [1.82, 2.24) is 54.7 Å². The zero-order valence-corrected chi connectivity index (χ0v) is 41.7. The van der Waals surface area contributed by atoms with E-state index < -0.39 is 11.9 Å². The third-order valence-electron chi connectivity index (χ3n) is 12.0. The number of hydrogen-bond acceptors (Lipinski definition) is 14. The Kier molecular flexibility index (Phi) is 27.6. The van der Waals surface area contributed by atoms with Crippen LogP contribution < -0.4 is 5.32 Å². The summed E-state index contributed by atoms with van der Waals surface area (Å²) in [5.74, 6) is -1.84. The molecule has 0 unspecified atom stereocenters. The van der Waals surface area contributed by atoms with Gasteiger partial charge < -0.3 is 30.2 Å². The maximum Gasteiger partial charge on any atom is 0.317 e. The molecule has 3 N–H and O–H groups in total. The second-order valence-corrected chi connectivity index (χ2v) is 17.2. The number of nitrogens with zero attached hydrogens (tertiary/aromatic N) is 10. The molecule has 1 amide bonds. The molecule has 1 aliphatic rings. The first-order valence-corrected chi connectivity index (χ1v) is 23.8. The minimum Gasteiger partial charge on any atom is -0.480 e. The summed E-state index contributed by atoms with van der Waals surface area (Å²) >= 11 is 0. The molecule has 5 rings (SSSR count). The summed E-state index contributed by atoms with van der Waals surface area (Å²) in [6, 6.07) is 23.7. The first-order valence-electron chi connectivity index (χ1n) is 23.8. The van der Waals surface area contributed by atoms with Gasteiger partial charge in [-0.25, -0.2) is 0 Å². The van der Waals surface area contributed by atoms with Crippen LogP contribution in [0.4, 0.5) is 0 Å². The van der Waals surface area contributed by atoms with E-state index in [4.69, 9.17) is 0 Å². The average molecular weight is 1080 g/mol. The molecule has 4 aromatic rings. The molecule has 0 saturated carbocycles. The zero-order valence-electron chi connectivity index (χ0n) is 39.5. The first-order chi connectivity index (χ1) is 32.7. The predicted octanol–water partition coefficient (Wildman–Crippen LogP) is 2.39.